The number of nitrogens with zero attached hydrogens (tertiary/aromatic N) is 2. The quantitative estimate of drug-likeness (QED) is 0.544. The van der Waals surface area contributed by atoms with Crippen molar-refractivity contribution in [2.45, 2.75) is 26.7 Å². The van der Waals surface area contributed by atoms with Gasteiger partial charge in [0.15, 0.2) is 0 Å². The molecule has 4 rings (SSSR count). The normalized spacial score (nSPS) is 18.9. The van der Waals surface area contributed by atoms with Crippen molar-refractivity contribution in [2.24, 2.45) is 0 Å². The minimum atomic E-state index is -0.0299. The van der Waals surface area contributed by atoms with Gasteiger partial charge < -0.3 is 10.8 Å². The topological polar surface area (TPSA) is 44.6 Å². The first-order valence-corrected chi connectivity index (χ1v) is 8.91. The summed E-state index contributed by atoms with van der Waals surface area (Å²) < 4.78 is 0. The molecule has 3 aliphatic carbocycles. The van der Waals surface area contributed by atoms with Crippen LogP contribution in [0.1, 0.15) is 30.9 Å². The van der Waals surface area contributed by atoms with Gasteiger partial charge in [-0.05, 0) is 60.1 Å². The van der Waals surface area contributed by atoms with E-state index in [4.69, 9.17) is 0 Å². The van der Waals surface area contributed by atoms with Gasteiger partial charge in [-0.1, -0.05) is 71.9 Å². The molecule has 131 valence electrons. The van der Waals surface area contributed by atoms with Crippen LogP contribution in [0, 0.1) is 6.92 Å². The van der Waals surface area contributed by atoms with E-state index in [1.54, 1.807) is 0 Å². The Kier molecular flexibility index (Phi) is 5.88. The van der Waals surface area contributed by atoms with E-state index >= 15 is 0 Å². The Bertz CT molecular complexity index is 1010. The summed E-state index contributed by atoms with van der Waals surface area (Å²) in [6.45, 7) is 4.14. The largest absolute Gasteiger partial charge is 0.804 e. The Morgan fingerprint density at radius 2 is 1.15 bits per heavy atom. The van der Waals surface area contributed by atoms with E-state index in [0.29, 0.717) is 11.1 Å². The SMILES string of the molecule is CC1=CC=C(C2=CC=C(C3=CC=C(c4ccc(C)cc4)C3)C(=[N-])C2=[N-])C1.[Y]. The van der Waals surface area contributed by atoms with E-state index in [1.165, 1.54) is 22.3 Å². The maximum atomic E-state index is 10.6. The molecule has 0 bridgehead atoms. The molecule has 2 nitrogen and oxygen atoms in total. The second-order valence-corrected chi connectivity index (χ2v) is 7.17. The van der Waals surface area contributed by atoms with Crippen LogP contribution in [0.4, 0.5) is 0 Å². The van der Waals surface area contributed by atoms with Gasteiger partial charge in [-0.25, -0.2) is 0 Å². The third-order valence-electron chi connectivity index (χ3n) is 5.17. The Labute approximate surface area is 186 Å². The molecule has 0 unspecified atom stereocenters. The van der Waals surface area contributed by atoms with Crippen molar-refractivity contribution < 1.29 is 32.7 Å². The molecule has 1 aromatic rings. The molecular weight excluding hydrogens is 405 g/mol. The second-order valence-electron chi connectivity index (χ2n) is 7.17. The van der Waals surface area contributed by atoms with E-state index < -0.39 is 0 Å². The zero-order chi connectivity index (χ0) is 18.3. The number of hydrogen-bond donors (Lipinski definition) is 0. The third-order valence-corrected chi connectivity index (χ3v) is 5.17. The van der Waals surface area contributed by atoms with Gasteiger partial charge in [0.05, 0.1) is 0 Å². The van der Waals surface area contributed by atoms with Gasteiger partial charge in [-0.3, -0.25) is 0 Å². The first-order valence-electron chi connectivity index (χ1n) is 8.91. The van der Waals surface area contributed by atoms with Crippen molar-refractivity contribution >= 4 is 17.0 Å². The molecule has 27 heavy (non-hydrogen) atoms. The van der Waals surface area contributed by atoms with Crippen LogP contribution in [0.25, 0.3) is 16.4 Å². The second kappa shape index (κ2) is 8.00. The van der Waals surface area contributed by atoms with Gasteiger partial charge in [-0.15, -0.1) is 0 Å². The molecule has 0 saturated heterocycles. The smallest absolute Gasteiger partial charge is 0 e. The van der Waals surface area contributed by atoms with E-state index in [-0.39, 0.29) is 44.1 Å². The zero-order valence-electron chi connectivity index (χ0n) is 15.7. The molecule has 0 heterocycles. The molecule has 3 aliphatic rings. The first kappa shape index (κ1) is 19.9. The van der Waals surface area contributed by atoms with Crippen LogP contribution in [-0.2, 0) is 32.7 Å². The van der Waals surface area contributed by atoms with E-state index in [2.05, 4.69) is 50.3 Å². The monoisotopic (exact) mass is 425 g/mol. The van der Waals surface area contributed by atoms with Crippen molar-refractivity contribution in [3.8, 4) is 0 Å². The Hall–Kier alpha value is -1.90. The van der Waals surface area contributed by atoms with Crippen LogP contribution in [0.5, 0.6) is 0 Å². The summed E-state index contributed by atoms with van der Waals surface area (Å²) in [5, 5.41) is 21.1. The standard InChI is InChI=1S/C24H20N2.Y/c1-15-3-6-17(7-4-15)18-9-10-20(14-18)22-12-11-21(23(25)24(22)26)19-8-5-16(2)13-19;/h3-12H,13-14H2,1-2H3;/q-2;. The molecule has 0 aliphatic heterocycles. The average molecular weight is 425 g/mol. The zero-order valence-corrected chi connectivity index (χ0v) is 18.5. The summed E-state index contributed by atoms with van der Waals surface area (Å²) in [5.41, 5.74) is 8.34. The molecule has 0 saturated carbocycles. The number of benzene rings is 1. The van der Waals surface area contributed by atoms with Crippen LogP contribution in [-0.4, -0.2) is 11.4 Å². The Balaban J connectivity index is 0.00000210. The summed E-state index contributed by atoms with van der Waals surface area (Å²) in [6.07, 6.45) is 13.6. The van der Waals surface area contributed by atoms with Crippen molar-refractivity contribution in [1.82, 2.24) is 0 Å². The maximum Gasteiger partial charge on any atom is 0 e. The molecule has 0 fully saturated rings. The van der Waals surface area contributed by atoms with Gasteiger partial charge in [0.25, 0.3) is 0 Å². The molecule has 0 N–H and O–H groups in total. The Morgan fingerprint density at radius 1 is 0.630 bits per heavy atom. The van der Waals surface area contributed by atoms with Crippen LogP contribution >= 0.6 is 0 Å². The van der Waals surface area contributed by atoms with Crippen LogP contribution in [0.15, 0.2) is 88.6 Å². The average Bonchev–Trinajstić information content (AvgIpc) is 3.27. The number of rotatable bonds is 3. The predicted octanol–water partition coefficient (Wildman–Crippen LogP) is 5.87. The van der Waals surface area contributed by atoms with Crippen LogP contribution in [0.2, 0.25) is 0 Å². The Morgan fingerprint density at radius 3 is 1.70 bits per heavy atom. The molecule has 3 heteroatoms. The minimum Gasteiger partial charge on any atom is -0.804 e. The van der Waals surface area contributed by atoms with Gasteiger partial charge in [0.1, 0.15) is 0 Å². The fraction of sp³-hybridized carbons (Fsp3) is 0.167. The van der Waals surface area contributed by atoms with Gasteiger partial charge in [0.2, 0.25) is 0 Å². The molecule has 0 spiro atoms. The van der Waals surface area contributed by atoms with Crippen molar-refractivity contribution in [3.63, 3.8) is 0 Å². The summed E-state index contributed by atoms with van der Waals surface area (Å²) in [4.78, 5) is 0. The summed E-state index contributed by atoms with van der Waals surface area (Å²) in [5.74, 6) is 0. The maximum absolute atomic E-state index is 10.6. The molecular formula is C24H20N2Y-2. The number of hydrogen-bond acceptors (Lipinski definition) is 0. The molecule has 1 aromatic carbocycles. The summed E-state index contributed by atoms with van der Waals surface area (Å²) in [6, 6.07) is 8.47. The van der Waals surface area contributed by atoms with Gasteiger partial charge in [-0.2, -0.15) is 11.4 Å². The molecule has 0 atom stereocenters. The van der Waals surface area contributed by atoms with Crippen molar-refractivity contribution in [3.05, 3.63) is 111 Å². The number of allylic oxidation sites excluding steroid dienone is 12. The van der Waals surface area contributed by atoms with Gasteiger partial charge in [0, 0.05) is 32.7 Å². The van der Waals surface area contributed by atoms with Crippen molar-refractivity contribution in [2.75, 3.05) is 0 Å². The van der Waals surface area contributed by atoms with Crippen LogP contribution in [0.3, 0.4) is 0 Å². The predicted molar refractivity (Wildman–Crippen MR) is 111 cm³/mol. The number of aryl methyl sites for hydroxylation is 1. The molecule has 1 radical (unpaired) electrons. The van der Waals surface area contributed by atoms with Crippen LogP contribution < -0.4 is 0 Å². The van der Waals surface area contributed by atoms with E-state index in [0.717, 1.165) is 24.0 Å². The molecule has 0 aromatic heterocycles. The fourth-order valence-corrected chi connectivity index (χ4v) is 3.62. The first-order chi connectivity index (χ1) is 12.5. The molecule has 0 amide bonds. The van der Waals surface area contributed by atoms with E-state index in [9.17, 15) is 10.8 Å². The third kappa shape index (κ3) is 3.88. The fourth-order valence-electron chi connectivity index (χ4n) is 3.62. The van der Waals surface area contributed by atoms with E-state index in [1.807, 2.05) is 24.3 Å². The summed E-state index contributed by atoms with van der Waals surface area (Å²) >= 11 is 0. The summed E-state index contributed by atoms with van der Waals surface area (Å²) in [7, 11) is 0. The minimum absolute atomic E-state index is 0. The van der Waals surface area contributed by atoms with Crippen molar-refractivity contribution in [1.29, 1.82) is 0 Å². The van der Waals surface area contributed by atoms with Gasteiger partial charge >= 0.3 is 0 Å².